The first-order valence-electron chi connectivity index (χ1n) is 11.0. The third-order valence-electron chi connectivity index (χ3n) is 5.49. The highest BCUT2D eigenvalue weighted by Crippen LogP contribution is 2.26. The molecule has 8 heteroatoms. The third-order valence-corrected chi connectivity index (χ3v) is 6.74. The van der Waals surface area contributed by atoms with E-state index >= 15 is 0 Å². The average Bonchev–Trinajstić information content (AvgIpc) is 3.45. The zero-order valence-electron chi connectivity index (χ0n) is 19.0. The Balaban J connectivity index is 0.000000186. The van der Waals surface area contributed by atoms with E-state index in [1.807, 2.05) is 67.6 Å². The van der Waals surface area contributed by atoms with Crippen LogP contribution in [0.15, 0.2) is 99.8 Å². The SMILES string of the molecule is Cc1cc(=O)oc2cc(OCc3cc4cc(Br)ccc4o3)ccc12.ClCc1cc2cc(Br)ccc2o1. The van der Waals surface area contributed by atoms with Crippen LogP contribution < -0.4 is 10.4 Å². The maximum absolute atomic E-state index is 11.5. The molecule has 0 aliphatic heterocycles. The highest BCUT2D eigenvalue weighted by molar-refractivity contribution is 9.10. The van der Waals surface area contributed by atoms with Crippen molar-refractivity contribution in [1.29, 1.82) is 0 Å². The van der Waals surface area contributed by atoms with Crippen LogP contribution >= 0.6 is 43.5 Å². The van der Waals surface area contributed by atoms with Gasteiger partial charge in [0.15, 0.2) is 0 Å². The fraction of sp³-hybridized carbons (Fsp3) is 0.107. The van der Waals surface area contributed by atoms with E-state index in [1.165, 1.54) is 6.07 Å². The second-order valence-corrected chi connectivity index (χ2v) is 10.2. The molecule has 0 fully saturated rings. The lowest BCUT2D eigenvalue weighted by Gasteiger charge is -2.06. The van der Waals surface area contributed by atoms with Gasteiger partial charge in [0.1, 0.15) is 40.6 Å². The summed E-state index contributed by atoms with van der Waals surface area (Å²) >= 11 is 12.5. The minimum absolute atomic E-state index is 0.299. The molecule has 0 N–H and O–H groups in total. The van der Waals surface area contributed by atoms with Crippen LogP contribution in [0.3, 0.4) is 0 Å². The van der Waals surface area contributed by atoms with E-state index in [0.717, 1.165) is 53.4 Å². The van der Waals surface area contributed by atoms with Crippen molar-refractivity contribution in [3.05, 3.63) is 109 Å². The highest BCUT2D eigenvalue weighted by Gasteiger charge is 2.08. The van der Waals surface area contributed by atoms with Gasteiger partial charge in [-0.2, -0.15) is 0 Å². The Morgan fingerprint density at radius 2 is 1.39 bits per heavy atom. The van der Waals surface area contributed by atoms with E-state index < -0.39 is 0 Å². The first kappa shape index (κ1) is 24.7. The first-order chi connectivity index (χ1) is 17.4. The van der Waals surface area contributed by atoms with E-state index in [2.05, 4.69) is 31.9 Å². The molecular formula is C28H19Br2ClO5. The van der Waals surface area contributed by atoms with Gasteiger partial charge in [-0.1, -0.05) is 31.9 Å². The molecule has 6 rings (SSSR count). The lowest BCUT2D eigenvalue weighted by atomic mass is 10.1. The van der Waals surface area contributed by atoms with Crippen molar-refractivity contribution in [3.8, 4) is 5.75 Å². The Hall–Kier alpha value is -3.00. The van der Waals surface area contributed by atoms with Crippen molar-refractivity contribution >= 4 is 76.4 Å². The number of benzene rings is 3. The number of hydrogen-bond acceptors (Lipinski definition) is 5. The van der Waals surface area contributed by atoms with Crippen molar-refractivity contribution in [2.45, 2.75) is 19.4 Å². The monoisotopic (exact) mass is 628 g/mol. The second kappa shape index (κ2) is 10.5. The normalized spacial score (nSPS) is 11.1. The number of alkyl halides is 1. The lowest BCUT2D eigenvalue weighted by molar-refractivity contribution is 0.274. The molecule has 3 aromatic heterocycles. The zero-order valence-corrected chi connectivity index (χ0v) is 22.9. The van der Waals surface area contributed by atoms with Crippen LogP contribution in [0.2, 0.25) is 0 Å². The summed E-state index contributed by atoms with van der Waals surface area (Å²) in [7, 11) is 0. The van der Waals surface area contributed by atoms with Gasteiger partial charge in [-0.3, -0.25) is 0 Å². The molecule has 0 radical (unpaired) electrons. The predicted molar refractivity (Wildman–Crippen MR) is 149 cm³/mol. The molecule has 36 heavy (non-hydrogen) atoms. The number of furan rings is 2. The van der Waals surface area contributed by atoms with Crippen molar-refractivity contribution in [2.24, 2.45) is 0 Å². The summed E-state index contributed by atoms with van der Waals surface area (Å²) in [5.74, 6) is 2.59. The molecule has 0 aliphatic carbocycles. The number of ether oxygens (including phenoxy) is 1. The van der Waals surface area contributed by atoms with Gasteiger partial charge < -0.3 is 18.0 Å². The molecule has 3 aromatic carbocycles. The maximum atomic E-state index is 11.5. The van der Waals surface area contributed by atoms with Crippen LogP contribution in [0, 0.1) is 6.92 Å². The summed E-state index contributed by atoms with van der Waals surface area (Å²) in [6.45, 7) is 2.18. The van der Waals surface area contributed by atoms with Crippen molar-refractivity contribution in [1.82, 2.24) is 0 Å². The van der Waals surface area contributed by atoms with E-state index in [4.69, 9.17) is 29.6 Å². The van der Waals surface area contributed by atoms with Crippen LogP contribution in [0.25, 0.3) is 32.9 Å². The fourth-order valence-electron chi connectivity index (χ4n) is 3.82. The van der Waals surface area contributed by atoms with Crippen molar-refractivity contribution in [2.75, 3.05) is 0 Å². The van der Waals surface area contributed by atoms with E-state index in [9.17, 15) is 4.79 Å². The maximum Gasteiger partial charge on any atom is 0.336 e. The van der Waals surface area contributed by atoms with E-state index in [1.54, 1.807) is 6.07 Å². The number of halogens is 3. The summed E-state index contributed by atoms with van der Waals surface area (Å²) in [5.41, 5.74) is 2.74. The van der Waals surface area contributed by atoms with Gasteiger partial charge in [0.05, 0.1) is 5.88 Å². The zero-order chi connectivity index (χ0) is 25.2. The Morgan fingerprint density at radius 1 is 0.750 bits per heavy atom. The summed E-state index contributed by atoms with van der Waals surface area (Å²) in [5, 5.41) is 3.00. The summed E-state index contributed by atoms with van der Waals surface area (Å²) < 4.78 is 24.2. The van der Waals surface area contributed by atoms with E-state index in [-0.39, 0.29) is 5.63 Å². The number of hydrogen-bond donors (Lipinski definition) is 0. The van der Waals surface area contributed by atoms with Gasteiger partial charge in [0.2, 0.25) is 0 Å². The quantitative estimate of drug-likeness (QED) is 0.144. The molecule has 0 bridgehead atoms. The first-order valence-corrected chi connectivity index (χ1v) is 13.1. The van der Waals surface area contributed by atoms with Crippen LogP contribution in [-0.2, 0) is 12.5 Å². The van der Waals surface area contributed by atoms with Crippen molar-refractivity contribution < 1.29 is 18.0 Å². The standard InChI is InChI=1S/C19H13BrO4.C9H6BrClO/c1-11-6-19(21)24-18-9-14(3-4-16(11)18)22-10-15-8-12-7-13(20)2-5-17(12)23-15;10-7-1-2-9-6(3-7)4-8(5-11)12-9/h2-9H,10H2,1H3;1-4H,5H2. The molecule has 182 valence electrons. The lowest BCUT2D eigenvalue weighted by Crippen LogP contribution is -1.98. The largest absolute Gasteiger partial charge is 0.486 e. The Labute approximate surface area is 227 Å². The Kier molecular flexibility index (Phi) is 7.23. The fourth-order valence-corrected chi connectivity index (χ4v) is 4.71. The third kappa shape index (κ3) is 5.53. The topological polar surface area (TPSA) is 65.7 Å². The number of fused-ring (bicyclic) bond motifs is 3. The number of rotatable bonds is 4. The minimum atomic E-state index is -0.361. The smallest absolute Gasteiger partial charge is 0.336 e. The van der Waals surface area contributed by atoms with Gasteiger partial charge >= 0.3 is 5.63 Å². The molecule has 0 atom stereocenters. The molecule has 0 unspecified atom stereocenters. The molecule has 0 saturated heterocycles. The van der Waals surface area contributed by atoms with Crippen LogP contribution in [0.5, 0.6) is 5.75 Å². The summed E-state index contributed by atoms with van der Waals surface area (Å²) in [6, 6.07) is 22.6. The molecular weight excluding hydrogens is 612 g/mol. The molecule has 5 nitrogen and oxygen atoms in total. The van der Waals surface area contributed by atoms with Gasteiger partial charge in [0, 0.05) is 37.2 Å². The average molecular weight is 631 g/mol. The van der Waals surface area contributed by atoms with Gasteiger partial charge in [0.25, 0.3) is 0 Å². The van der Waals surface area contributed by atoms with Crippen molar-refractivity contribution in [3.63, 3.8) is 0 Å². The molecule has 0 saturated carbocycles. The predicted octanol–water partition coefficient (Wildman–Crippen LogP) is 9.12. The second-order valence-electron chi connectivity index (χ2n) is 8.12. The molecule has 0 amide bonds. The van der Waals surface area contributed by atoms with Crippen LogP contribution in [-0.4, -0.2) is 0 Å². The highest BCUT2D eigenvalue weighted by atomic mass is 79.9. The molecule has 0 spiro atoms. The minimum Gasteiger partial charge on any atom is -0.486 e. The Morgan fingerprint density at radius 3 is 2.06 bits per heavy atom. The Bertz CT molecular complexity index is 1750. The number of aryl methyl sites for hydroxylation is 1. The molecule has 0 aliphatic rings. The van der Waals surface area contributed by atoms with Gasteiger partial charge in [-0.15, -0.1) is 11.6 Å². The summed E-state index contributed by atoms with van der Waals surface area (Å²) in [6.07, 6.45) is 0. The molecule has 3 heterocycles. The van der Waals surface area contributed by atoms with Crippen LogP contribution in [0.1, 0.15) is 17.1 Å². The van der Waals surface area contributed by atoms with Gasteiger partial charge in [-0.05, 0) is 73.2 Å². The van der Waals surface area contributed by atoms with Gasteiger partial charge in [-0.25, -0.2) is 4.79 Å². The summed E-state index contributed by atoms with van der Waals surface area (Å²) in [4.78, 5) is 11.5. The van der Waals surface area contributed by atoms with Crippen LogP contribution in [0.4, 0.5) is 0 Å². The molecule has 6 aromatic rings. The van der Waals surface area contributed by atoms with E-state index in [0.29, 0.717) is 23.8 Å².